The molecule has 1 aliphatic rings. The van der Waals surface area contributed by atoms with Crippen molar-refractivity contribution in [2.45, 2.75) is 25.3 Å². The maximum Gasteiger partial charge on any atom is 0.254 e. The zero-order chi connectivity index (χ0) is 17.1. The summed E-state index contributed by atoms with van der Waals surface area (Å²) in [6, 6.07) is 13.5. The largest absolute Gasteiger partial charge is 0.330 e. The fourth-order valence-electron chi connectivity index (χ4n) is 3.33. The van der Waals surface area contributed by atoms with Crippen LogP contribution in [0.1, 0.15) is 41.4 Å². The molecule has 1 atom stereocenters. The monoisotopic (exact) mass is 333 g/mol. The highest BCUT2D eigenvalue weighted by Gasteiger charge is 2.29. The van der Waals surface area contributed by atoms with Gasteiger partial charge in [0.15, 0.2) is 0 Å². The van der Waals surface area contributed by atoms with Crippen LogP contribution in [-0.4, -0.2) is 37.1 Å². The first-order valence-electron chi connectivity index (χ1n) is 8.50. The summed E-state index contributed by atoms with van der Waals surface area (Å²) in [5.74, 6) is 0.0608. The molecule has 0 spiro atoms. The molecule has 1 aliphatic heterocycles. The van der Waals surface area contributed by atoms with E-state index in [1.807, 2.05) is 51.9 Å². The van der Waals surface area contributed by atoms with Gasteiger partial charge in [-0.2, -0.15) is 0 Å². The quantitative estimate of drug-likeness (QED) is 0.739. The Labute approximate surface area is 146 Å². The van der Waals surface area contributed by atoms with Crippen molar-refractivity contribution in [1.82, 2.24) is 24.6 Å². The number of piperidine rings is 1. The lowest BCUT2D eigenvalue weighted by molar-refractivity contribution is 0.0606. The standard InChI is InChI=1S/C19H19N5O/c25-19(15-7-9-16(10-8-15)23-13-21-22-14-23)24-12-4-2-6-18(24)17-5-1-3-11-20-17/h1,3,5,7-11,13-14,18H,2,4,6,12H2/t18-/m1/s1. The van der Waals surface area contributed by atoms with Gasteiger partial charge in [-0.05, 0) is 55.7 Å². The van der Waals surface area contributed by atoms with Crippen LogP contribution in [-0.2, 0) is 0 Å². The molecule has 0 N–H and O–H groups in total. The Bertz CT molecular complexity index is 830. The predicted molar refractivity (Wildman–Crippen MR) is 93.2 cm³/mol. The van der Waals surface area contributed by atoms with Crippen molar-refractivity contribution in [3.63, 3.8) is 0 Å². The molecule has 25 heavy (non-hydrogen) atoms. The van der Waals surface area contributed by atoms with Crippen molar-refractivity contribution in [2.75, 3.05) is 6.54 Å². The van der Waals surface area contributed by atoms with Crippen LogP contribution in [0.2, 0.25) is 0 Å². The van der Waals surface area contributed by atoms with E-state index in [0.29, 0.717) is 5.56 Å². The molecule has 6 heteroatoms. The second-order valence-electron chi connectivity index (χ2n) is 6.18. The van der Waals surface area contributed by atoms with Gasteiger partial charge in [0.05, 0.1) is 11.7 Å². The van der Waals surface area contributed by atoms with E-state index in [9.17, 15) is 4.79 Å². The molecule has 1 amide bonds. The Balaban J connectivity index is 1.58. The minimum Gasteiger partial charge on any atom is -0.330 e. The van der Waals surface area contributed by atoms with Gasteiger partial charge < -0.3 is 4.90 Å². The van der Waals surface area contributed by atoms with Crippen LogP contribution in [0.5, 0.6) is 0 Å². The minimum absolute atomic E-state index is 0.0555. The molecule has 3 heterocycles. The number of nitrogens with zero attached hydrogens (tertiary/aromatic N) is 5. The number of rotatable bonds is 3. The Morgan fingerprint density at radius 2 is 1.80 bits per heavy atom. The molecule has 2 aromatic heterocycles. The summed E-state index contributed by atoms with van der Waals surface area (Å²) < 4.78 is 1.81. The summed E-state index contributed by atoms with van der Waals surface area (Å²) in [4.78, 5) is 19.5. The smallest absolute Gasteiger partial charge is 0.254 e. The van der Waals surface area contributed by atoms with Crippen molar-refractivity contribution in [3.8, 4) is 5.69 Å². The normalized spacial score (nSPS) is 17.4. The molecule has 1 fully saturated rings. The number of hydrogen-bond donors (Lipinski definition) is 0. The maximum absolute atomic E-state index is 13.0. The Morgan fingerprint density at radius 1 is 1.00 bits per heavy atom. The molecular weight excluding hydrogens is 314 g/mol. The molecule has 0 unspecified atom stereocenters. The molecule has 1 saturated heterocycles. The number of carbonyl (C=O) groups is 1. The van der Waals surface area contributed by atoms with Gasteiger partial charge in [0.25, 0.3) is 5.91 Å². The van der Waals surface area contributed by atoms with Crippen LogP contribution in [0.4, 0.5) is 0 Å². The lowest BCUT2D eigenvalue weighted by Gasteiger charge is -2.35. The van der Waals surface area contributed by atoms with Crippen LogP contribution >= 0.6 is 0 Å². The number of aromatic nitrogens is 4. The third-order valence-corrected chi connectivity index (χ3v) is 4.62. The highest BCUT2D eigenvalue weighted by Crippen LogP contribution is 2.31. The Kier molecular flexibility index (Phi) is 4.24. The summed E-state index contributed by atoms with van der Waals surface area (Å²) in [5, 5.41) is 7.61. The van der Waals surface area contributed by atoms with Gasteiger partial charge in [0.2, 0.25) is 0 Å². The van der Waals surface area contributed by atoms with Gasteiger partial charge in [-0.3, -0.25) is 14.3 Å². The summed E-state index contributed by atoms with van der Waals surface area (Å²) in [6.07, 6.45) is 8.19. The molecule has 0 aliphatic carbocycles. The van der Waals surface area contributed by atoms with Crippen molar-refractivity contribution in [1.29, 1.82) is 0 Å². The van der Waals surface area contributed by atoms with E-state index in [1.54, 1.807) is 18.9 Å². The van der Waals surface area contributed by atoms with Gasteiger partial charge in [-0.1, -0.05) is 6.07 Å². The van der Waals surface area contributed by atoms with E-state index in [1.165, 1.54) is 0 Å². The van der Waals surface area contributed by atoms with E-state index in [-0.39, 0.29) is 11.9 Å². The van der Waals surface area contributed by atoms with Gasteiger partial charge >= 0.3 is 0 Å². The second-order valence-corrected chi connectivity index (χ2v) is 6.18. The summed E-state index contributed by atoms with van der Waals surface area (Å²) in [5.41, 5.74) is 2.60. The molecule has 126 valence electrons. The molecule has 0 saturated carbocycles. The van der Waals surface area contributed by atoms with E-state index >= 15 is 0 Å². The first-order valence-corrected chi connectivity index (χ1v) is 8.50. The number of pyridine rings is 1. The number of amides is 1. The van der Waals surface area contributed by atoms with Crippen LogP contribution in [0, 0.1) is 0 Å². The number of hydrogen-bond acceptors (Lipinski definition) is 4. The second kappa shape index (κ2) is 6.84. The molecule has 3 aromatic rings. The fraction of sp³-hybridized carbons (Fsp3) is 0.263. The number of likely N-dealkylation sites (tertiary alicyclic amines) is 1. The zero-order valence-corrected chi connectivity index (χ0v) is 13.8. The predicted octanol–water partition coefficient (Wildman–Crippen LogP) is 3.03. The first-order chi connectivity index (χ1) is 12.3. The average molecular weight is 333 g/mol. The van der Waals surface area contributed by atoms with Crippen LogP contribution in [0.15, 0.2) is 61.3 Å². The average Bonchev–Trinajstić information content (AvgIpc) is 3.23. The number of benzene rings is 1. The summed E-state index contributed by atoms with van der Waals surface area (Å²) in [7, 11) is 0. The summed E-state index contributed by atoms with van der Waals surface area (Å²) >= 11 is 0. The lowest BCUT2D eigenvalue weighted by atomic mass is 9.97. The van der Waals surface area contributed by atoms with Crippen molar-refractivity contribution < 1.29 is 4.79 Å². The summed E-state index contributed by atoms with van der Waals surface area (Å²) in [6.45, 7) is 0.771. The van der Waals surface area contributed by atoms with E-state index in [0.717, 1.165) is 37.2 Å². The molecule has 1 aromatic carbocycles. The highest BCUT2D eigenvalue weighted by atomic mass is 16.2. The van der Waals surface area contributed by atoms with Crippen LogP contribution in [0.25, 0.3) is 5.69 Å². The minimum atomic E-state index is 0.0555. The Hall–Kier alpha value is -3.02. The molecular formula is C19H19N5O. The Morgan fingerprint density at radius 3 is 2.52 bits per heavy atom. The van der Waals surface area contributed by atoms with Gasteiger partial charge in [-0.25, -0.2) is 0 Å². The van der Waals surface area contributed by atoms with E-state index < -0.39 is 0 Å². The van der Waals surface area contributed by atoms with Crippen molar-refractivity contribution >= 4 is 5.91 Å². The first kappa shape index (κ1) is 15.5. The third-order valence-electron chi connectivity index (χ3n) is 4.62. The third kappa shape index (κ3) is 3.15. The topological polar surface area (TPSA) is 63.9 Å². The number of carbonyl (C=O) groups excluding carboxylic acids is 1. The van der Waals surface area contributed by atoms with Gasteiger partial charge in [0.1, 0.15) is 12.7 Å². The fourth-order valence-corrected chi connectivity index (χ4v) is 3.33. The molecule has 0 radical (unpaired) electrons. The van der Waals surface area contributed by atoms with Crippen molar-refractivity contribution in [2.24, 2.45) is 0 Å². The van der Waals surface area contributed by atoms with E-state index in [2.05, 4.69) is 15.2 Å². The van der Waals surface area contributed by atoms with Crippen LogP contribution < -0.4 is 0 Å². The van der Waals surface area contributed by atoms with E-state index in [4.69, 9.17) is 0 Å². The molecule has 6 nitrogen and oxygen atoms in total. The van der Waals surface area contributed by atoms with Gasteiger partial charge in [0, 0.05) is 24.0 Å². The molecule has 4 rings (SSSR count). The SMILES string of the molecule is O=C(c1ccc(-n2cnnc2)cc1)N1CCCC[C@@H]1c1ccccn1. The maximum atomic E-state index is 13.0. The van der Waals surface area contributed by atoms with Crippen molar-refractivity contribution in [3.05, 3.63) is 72.6 Å². The van der Waals surface area contributed by atoms with Gasteiger partial charge in [-0.15, -0.1) is 10.2 Å². The highest BCUT2D eigenvalue weighted by molar-refractivity contribution is 5.94. The lowest BCUT2D eigenvalue weighted by Crippen LogP contribution is -2.38. The molecule has 0 bridgehead atoms. The zero-order valence-electron chi connectivity index (χ0n) is 13.8. The van der Waals surface area contributed by atoms with Crippen LogP contribution in [0.3, 0.4) is 0 Å².